The largest absolute Gasteiger partial charge is 0.483 e. The molecule has 0 saturated carbocycles. The average Bonchev–Trinajstić information content (AvgIpc) is 2.78. The van der Waals surface area contributed by atoms with Gasteiger partial charge in [-0.1, -0.05) is 30.6 Å². The minimum atomic E-state index is -0.305. The van der Waals surface area contributed by atoms with E-state index in [0.717, 1.165) is 35.1 Å². The third kappa shape index (κ3) is 3.13. The van der Waals surface area contributed by atoms with Crippen LogP contribution in [0.1, 0.15) is 12.0 Å². The number of hydrazone groups is 1. The fourth-order valence-corrected chi connectivity index (χ4v) is 4.19. The van der Waals surface area contributed by atoms with Crippen molar-refractivity contribution in [3.05, 3.63) is 53.9 Å². The average molecular weight is 400 g/mol. The Bertz CT molecular complexity index is 1150. The smallest absolute Gasteiger partial charge is 0.271 e. The van der Waals surface area contributed by atoms with Gasteiger partial charge in [0.2, 0.25) is 0 Å². The van der Waals surface area contributed by atoms with E-state index >= 15 is 0 Å². The number of nitrogens with zero attached hydrogens (tertiary/aromatic N) is 3. The van der Waals surface area contributed by atoms with Crippen LogP contribution >= 0.6 is 0 Å². The van der Waals surface area contributed by atoms with Crippen LogP contribution in [0.5, 0.6) is 5.75 Å². The number of ether oxygens (including phenoxy) is 1. The number of hydrogen-bond acceptors (Lipinski definition) is 5. The summed E-state index contributed by atoms with van der Waals surface area (Å²) in [5.74, 6) is 3.06. The van der Waals surface area contributed by atoms with Crippen molar-refractivity contribution in [1.29, 1.82) is 5.26 Å². The van der Waals surface area contributed by atoms with Gasteiger partial charge in [-0.15, -0.1) is 0 Å². The summed E-state index contributed by atoms with van der Waals surface area (Å²) in [6.07, 6.45) is 4.26. The molecule has 148 valence electrons. The number of carbonyl (C=O) groups is 1. The number of amidine groups is 1. The molecule has 6 nitrogen and oxygen atoms in total. The third-order valence-electron chi connectivity index (χ3n) is 5.77. The molecule has 5 rings (SSSR count). The lowest BCUT2D eigenvalue weighted by Gasteiger charge is -2.35. The number of halogens is 1. The molecular formula is C22H18BFN4O2. The Balaban J connectivity index is 1.68. The molecule has 30 heavy (non-hydrogen) atoms. The van der Waals surface area contributed by atoms with Gasteiger partial charge in [-0.25, -0.2) is 15.1 Å². The quantitative estimate of drug-likeness (QED) is 0.784. The molecule has 0 bridgehead atoms. The van der Waals surface area contributed by atoms with Gasteiger partial charge in [-0.2, -0.15) is 5.10 Å². The molecule has 0 saturated heterocycles. The van der Waals surface area contributed by atoms with Gasteiger partial charge in [0.1, 0.15) is 24.7 Å². The van der Waals surface area contributed by atoms with Gasteiger partial charge in [0.05, 0.1) is 5.69 Å². The van der Waals surface area contributed by atoms with Crippen LogP contribution < -0.4 is 15.1 Å². The lowest BCUT2D eigenvalue weighted by atomic mass is 9.43. The summed E-state index contributed by atoms with van der Waals surface area (Å²) in [6, 6.07) is 10.5. The summed E-state index contributed by atoms with van der Waals surface area (Å²) in [6.45, 7) is 0.398. The Morgan fingerprint density at radius 3 is 2.87 bits per heavy atom. The Kier molecular flexibility index (Phi) is 4.51. The van der Waals surface area contributed by atoms with Gasteiger partial charge in [0.15, 0.2) is 5.84 Å². The van der Waals surface area contributed by atoms with E-state index in [-0.39, 0.29) is 31.6 Å². The van der Waals surface area contributed by atoms with Crippen molar-refractivity contribution in [3.63, 3.8) is 0 Å². The van der Waals surface area contributed by atoms with E-state index in [4.69, 9.17) is 4.74 Å². The van der Waals surface area contributed by atoms with E-state index in [1.807, 2.05) is 23.1 Å². The maximum absolute atomic E-state index is 14.7. The zero-order valence-electron chi connectivity index (χ0n) is 16.2. The molecule has 0 radical (unpaired) electrons. The van der Waals surface area contributed by atoms with Crippen molar-refractivity contribution < 1.29 is 13.9 Å². The Morgan fingerprint density at radius 1 is 1.23 bits per heavy atom. The molecule has 0 aliphatic carbocycles. The molecule has 0 fully saturated rings. The minimum absolute atomic E-state index is 0.0103. The van der Waals surface area contributed by atoms with E-state index in [1.165, 1.54) is 6.07 Å². The highest BCUT2D eigenvalue weighted by atomic mass is 19.1. The molecule has 2 aromatic carbocycles. The van der Waals surface area contributed by atoms with Crippen LogP contribution in [0.2, 0.25) is 12.6 Å². The Labute approximate surface area is 173 Å². The Morgan fingerprint density at radius 2 is 2.10 bits per heavy atom. The van der Waals surface area contributed by atoms with E-state index < -0.39 is 0 Å². The SMILES string of the molecule is N#CB1CC=C(c2cc3c(cc2-c2ccccc2F)OCC2=NNC(=O)CN23)CC1. The molecule has 3 heterocycles. The molecule has 0 atom stereocenters. The highest BCUT2D eigenvalue weighted by molar-refractivity contribution is 6.67. The highest BCUT2D eigenvalue weighted by Gasteiger charge is 2.31. The summed E-state index contributed by atoms with van der Waals surface area (Å²) in [5.41, 5.74) is 6.44. The standard InChI is InChI=1S/C22H18BFN4O2/c24-18-4-2-1-3-15(18)17-10-20-19(28-11-22(29)27-26-21(28)12-30-20)9-16(17)14-5-7-23(13-25)8-6-14/h1-5,9-10H,6-8,11-12H2,(H,27,29). The number of rotatable bonds is 2. The first-order chi connectivity index (χ1) is 14.6. The lowest BCUT2D eigenvalue weighted by molar-refractivity contribution is -0.119. The van der Waals surface area contributed by atoms with Crippen molar-refractivity contribution in [1.82, 2.24) is 5.43 Å². The summed E-state index contributed by atoms with van der Waals surface area (Å²) >= 11 is 0. The summed E-state index contributed by atoms with van der Waals surface area (Å²) < 4.78 is 20.6. The predicted octanol–water partition coefficient (Wildman–Crippen LogP) is 3.48. The number of amides is 1. The van der Waals surface area contributed by atoms with E-state index in [2.05, 4.69) is 22.6 Å². The second kappa shape index (κ2) is 7.34. The molecule has 1 N–H and O–H groups in total. The van der Waals surface area contributed by atoms with Gasteiger partial charge >= 0.3 is 0 Å². The first-order valence-corrected chi connectivity index (χ1v) is 9.91. The summed E-state index contributed by atoms with van der Waals surface area (Å²) in [4.78, 5) is 13.8. The molecule has 0 spiro atoms. The number of anilines is 1. The van der Waals surface area contributed by atoms with Crippen molar-refractivity contribution in [2.45, 2.75) is 19.1 Å². The number of nitrogens with one attached hydrogen (secondary N) is 1. The number of carbonyl (C=O) groups excluding carboxylic acids is 1. The maximum atomic E-state index is 14.7. The predicted molar refractivity (Wildman–Crippen MR) is 114 cm³/mol. The number of nitriles is 1. The Hall–Kier alpha value is -3.60. The second-order valence-electron chi connectivity index (χ2n) is 7.61. The number of allylic oxidation sites excluding steroid dienone is 2. The first-order valence-electron chi connectivity index (χ1n) is 9.91. The molecule has 8 heteroatoms. The zero-order valence-corrected chi connectivity index (χ0v) is 16.2. The van der Waals surface area contributed by atoms with Crippen LogP contribution in [0.25, 0.3) is 16.7 Å². The molecule has 0 aromatic heterocycles. The third-order valence-corrected chi connectivity index (χ3v) is 5.77. The number of hydrogen-bond donors (Lipinski definition) is 1. The van der Waals surface area contributed by atoms with Crippen LogP contribution in [-0.2, 0) is 4.79 Å². The lowest BCUT2D eigenvalue weighted by Crippen LogP contribution is -2.49. The van der Waals surface area contributed by atoms with Crippen LogP contribution in [-0.4, -0.2) is 31.6 Å². The molecular weight excluding hydrogens is 382 g/mol. The monoisotopic (exact) mass is 400 g/mol. The maximum Gasteiger partial charge on any atom is 0.271 e. The van der Waals surface area contributed by atoms with Crippen molar-refractivity contribution in [2.24, 2.45) is 5.10 Å². The van der Waals surface area contributed by atoms with E-state index in [1.54, 1.807) is 12.1 Å². The van der Waals surface area contributed by atoms with Crippen LogP contribution in [0, 0.1) is 17.0 Å². The van der Waals surface area contributed by atoms with Gasteiger partial charge < -0.3 is 9.64 Å². The first kappa shape index (κ1) is 18.4. The van der Waals surface area contributed by atoms with E-state index in [0.29, 0.717) is 23.5 Å². The van der Waals surface area contributed by atoms with Crippen molar-refractivity contribution in [3.8, 4) is 22.8 Å². The topological polar surface area (TPSA) is 77.7 Å². The highest BCUT2D eigenvalue weighted by Crippen LogP contribution is 2.43. The van der Waals surface area contributed by atoms with Crippen molar-refractivity contribution >= 4 is 29.7 Å². The van der Waals surface area contributed by atoms with E-state index in [9.17, 15) is 14.4 Å². The number of fused-ring (bicyclic) bond motifs is 3. The fourth-order valence-electron chi connectivity index (χ4n) is 4.19. The summed E-state index contributed by atoms with van der Waals surface area (Å²) in [7, 11) is 0. The number of benzene rings is 2. The molecule has 0 unspecified atom stereocenters. The summed E-state index contributed by atoms with van der Waals surface area (Å²) in [5, 5.41) is 13.3. The minimum Gasteiger partial charge on any atom is -0.483 e. The fraction of sp³-hybridized carbons (Fsp3) is 0.227. The zero-order chi connectivity index (χ0) is 20.7. The van der Waals surface area contributed by atoms with Crippen molar-refractivity contribution in [2.75, 3.05) is 18.1 Å². The van der Waals surface area contributed by atoms with Gasteiger partial charge in [0.25, 0.3) is 12.6 Å². The van der Waals surface area contributed by atoms with Crippen LogP contribution in [0.4, 0.5) is 10.1 Å². The van der Waals surface area contributed by atoms with Gasteiger partial charge in [-0.05, 0) is 47.6 Å². The molecule has 3 aliphatic rings. The molecule has 2 aromatic rings. The molecule has 3 aliphatic heterocycles. The molecule has 1 amide bonds. The normalized spacial score (nSPS) is 17.7. The van der Waals surface area contributed by atoms with Crippen LogP contribution in [0.15, 0.2) is 47.6 Å². The van der Waals surface area contributed by atoms with Gasteiger partial charge in [0, 0.05) is 11.5 Å². The van der Waals surface area contributed by atoms with Crippen LogP contribution in [0.3, 0.4) is 0 Å². The second-order valence-corrected chi connectivity index (χ2v) is 7.61. The van der Waals surface area contributed by atoms with Gasteiger partial charge in [-0.3, -0.25) is 4.79 Å².